The van der Waals surface area contributed by atoms with Crippen molar-refractivity contribution in [2.45, 2.75) is 0 Å². The number of hydrogen-bond donors (Lipinski definition) is 0. The molecule has 0 bridgehead atoms. The van der Waals surface area contributed by atoms with Gasteiger partial charge in [-0.2, -0.15) is 0 Å². The molecule has 0 amide bonds. The van der Waals surface area contributed by atoms with Crippen LogP contribution in [0.2, 0.25) is 0 Å². The second-order valence-electron chi connectivity index (χ2n) is 3.38. The average molecular weight is 246 g/mol. The van der Waals surface area contributed by atoms with Crippen molar-refractivity contribution in [1.29, 1.82) is 0 Å². The molecule has 0 saturated carbocycles. The van der Waals surface area contributed by atoms with Crippen LogP contribution in [-0.4, -0.2) is 18.7 Å². The first-order chi connectivity index (χ1) is 8.29. The summed E-state index contributed by atoms with van der Waals surface area (Å²) in [5, 5.41) is 1.85. The van der Waals surface area contributed by atoms with Gasteiger partial charge in [-0.1, -0.05) is 6.07 Å². The maximum atomic E-state index is 11.6. The summed E-state index contributed by atoms with van der Waals surface area (Å²) < 4.78 is 5.33. The minimum Gasteiger partial charge on any atom is -0.485 e. The number of carbonyl (C=O) groups is 2. The fraction of sp³-hybridized carbons (Fsp3) is 0.0769. The Labute approximate surface area is 103 Å². The predicted octanol–water partition coefficient (Wildman–Crippen LogP) is 2.82. The van der Waals surface area contributed by atoms with Gasteiger partial charge >= 0.3 is 0 Å². The number of aldehydes is 1. The van der Waals surface area contributed by atoms with E-state index < -0.39 is 0 Å². The predicted molar refractivity (Wildman–Crippen MR) is 66.0 cm³/mol. The molecule has 0 N–H and O–H groups in total. The molecule has 86 valence electrons. The smallest absolute Gasteiger partial charge is 0.210 e. The quantitative estimate of drug-likeness (QED) is 0.602. The van der Waals surface area contributed by atoms with Gasteiger partial charge < -0.3 is 4.74 Å². The highest BCUT2D eigenvalue weighted by molar-refractivity contribution is 7.12. The summed E-state index contributed by atoms with van der Waals surface area (Å²) >= 11 is 1.40. The molecule has 17 heavy (non-hydrogen) atoms. The molecule has 1 aromatic heterocycles. The molecule has 2 rings (SSSR count). The lowest BCUT2D eigenvalue weighted by atomic mass is 10.2. The molecule has 0 fully saturated rings. The molecule has 2 aromatic rings. The Morgan fingerprint density at radius 2 is 2.00 bits per heavy atom. The number of benzene rings is 1. The molecule has 0 atom stereocenters. The molecular weight excluding hydrogens is 236 g/mol. The Kier molecular flexibility index (Phi) is 3.67. The molecular formula is C13H10O3S. The molecule has 4 heteroatoms. The summed E-state index contributed by atoms with van der Waals surface area (Å²) in [5.74, 6) is 0.542. The zero-order valence-corrected chi connectivity index (χ0v) is 9.78. The lowest BCUT2D eigenvalue weighted by Gasteiger charge is -2.04. The third-order valence-electron chi connectivity index (χ3n) is 2.18. The summed E-state index contributed by atoms with van der Waals surface area (Å²) in [7, 11) is 0. The van der Waals surface area contributed by atoms with E-state index in [-0.39, 0.29) is 12.4 Å². The molecule has 0 radical (unpaired) electrons. The lowest BCUT2D eigenvalue weighted by Crippen LogP contribution is -2.09. The highest BCUT2D eigenvalue weighted by atomic mass is 32.1. The molecule has 1 aromatic carbocycles. The second kappa shape index (κ2) is 5.41. The average Bonchev–Trinajstić information content (AvgIpc) is 2.90. The van der Waals surface area contributed by atoms with Gasteiger partial charge in [0.1, 0.15) is 12.0 Å². The lowest BCUT2D eigenvalue weighted by molar-refractivity contribution is 0.0925. The summed E-state index contributed by atoms with van der Waals surface area (Å²) in [5.41, 5.74) is 0.585. The molecule has 0 aliphatic carbocycles. The van der Waals surface area contributed by atoms with Crippen molar-refractivity contribution in [1.82, 2.24) is 0 Å². The van der Waals surface area contributed by atoms with Gasteiger partial charge in [-0.25, -0.2) is 0 Å². The highest BCUT2D eigenvalue weighted by Crippen LogP contribution is 2.13. The molecule has 0 saturated heterocycles. The van der Waals surface area contributed by atoms with E-state index in [2.05, 4.69) is 0 Å². The first kappa shape index (κ1) is 11.5. The van der Waals surface area contributed by atoms with Gasteiger partial charge in [-0.05, 0) is 35.7 Å². The number of rotatable bonds is 5. The van der Waals surface area contributed by atoms with Crippen LogP contribution in [0.5, 0.6) is 5.75 Å². The van der Waals surface area contributed by atoms with Crippen molar-refractivity contribution in [3.63, 3.8) is 0 Å². The maximum Gasteiger partial charge on any atom is 0.210 e. The van der Waals surface area contributed by atoms with Crippen molar-refractivity contribution < 1.29 is 14.3 Å². The van der Waals surface area contributed by atoms with E-state index in [1.807, 2.05) is 11.4 Å². The van der Waals surface area contributed by atoms with Crippen LogP contribution in [0.15, 0.2) is 41.8 Å². The van der Waals surface area contributed by atoms with Crippen molar-refractivity contribution >= 4 is 23.4 Å². The SMILES string of the molecule is O=Cc1ccc(OCC(=O)c2cccs2)cc1. The van der Waals surface area contributed by atoms with Gasteiger partial charge in [-0.3, -0.25) is 9.59 Å². The molecule has 1 heterocycles. The van der Waals surface area contributed by atoms with Crippen LogP contribution in [0.1, 0.15) is 20.0 Å². The summed E-state index contributed by atoms with van der Waals surface area (Å²) in [6.07, 6.45) is 0.764. The molecule has 0 unspecified atom stereocenters. The fourth-order valence-electron chi connectivity index (χ4n) is 1.30. The molecule has 0 aliphatic heterocycles. The number of ether oxygens (including phenoxy) is 1. The van der Waals surface area contributed by atoms with Crippen LogP contribution < -0.4 is 4.74 Å². The first-order valence-electron chi connectivity index (χ1n) is 5.04. The first-order valence-corrected chi connectivity index (χ1v) is 5.92. The topological polar surface area (TPSA) is 43.4 Å². The number of thiophene rings is 1. The Morgan fingerprint density at radius 1 is 1.24 bits per heavy atom. The van der Waals surface area contributed by atoms with Crippen LogP contribution in [0.25, 0.3) is 0 Å². The van der Waals surface area contributed by atoms with Gasteiger partial charge in [-0.15, -0.1) is 11.3 Å². The molecule has 3 nitrogen and oxygen atoms in total. The normalized spacial score (nSPS) is 9.88. The zero-order valence-electron chi connectivity index (χ0n) is 8.96. The minimum atomic E-state index is -0.0422. The largest absolute Gasteiger partial charge is 0.485 e. The Hall–Kier alpha value is -1.94. The van der Waals surface area contributed by atoms with Crippen LogP contribution >= 0.6 is 11.3 Å². The van der Waals surface area contributed by atoms with E-state index in [0.29, 0.717) is 16.2 Å². The third-order valence-corrected chi connectivity index (χ3v) is 3.09. The van der Waals surface area contributed by atoms with Gasteiger partial charge in [0.25, 0.3) is 0 Å². The van der Waals surface area contributed by atoms with Crippen LogP contribution in [0, 0.1) is 0 Å². The number of carbonyl (C=O) groups excluding carboxylic acids is 2. The fourth-order valence-corrected chi connectivity index (χ4v) is 1.95. The molecule has 0 spiro atoms. The Balaban J connectivity index is 1.93. The van der Waals surface area contributed by atoms with E-state index in [1.165, 1.54) is 11.3 Å². The van der Waals surface area contributed by atoms with Gasteiger partial charge in [0.05, 0.1) is 4.88 Å². The van der Waals surface area contributed by atoms with Crippen molar-refractivity contribution in [3.05, 3.63) is 52.2 Å². The van der Waals surface area contributed by atoms with E-state index in [0.717, 1.165) is 6.29 Å². The number of hydrogen-bond acceptors (Lipinski definition) is 4. The van der Waals surface area contributed by atoms with Crippen molar-refractivity contribution in [2.75, 3.05) is 6.61 Å². The van der Waals surface area contributed by atoms with Crippen LogP contribution in [0.3, 0.4) is 0 Å². The summed E-state index contributed by atoms with van der Waals surface area (Å²) in [4.78, 5) is 22.8. The van der Waals surface area contributed by atoms with Crippen molar-refractivity contribution in [2.24, 2.45) is 0 Å². The van der Waals surface area contributed by atoms with E-state index >= 15 is 0 Å². The maximum absolute atomic E-state index is 11.6. The number of ketones is 1. The van der Waals surface area contributed by atoms with Crippen LogP contribution in [0.4, 0.5) is 0 Å². The monoisotopic (exact) mass is 246 g/mol. The standard InChI is InChI=1S/C13H10O3S/c14-8-10-3-5-11(6-4-10)16-9-12(15)13-2-1-7-17-13/h1-8H,9H2. The summed E-state index contributed by atoms with van der Waals surface area (Å²) in [6, 6.07) is 10.2. The van der Waals surface area contributed by atoms with E-state index in [9.17, 15) is 9.59 Å². The number of Topliss-reactive ketones (excluding diaryl/α,β-unsaturated/α-hetero) is 1. The van der Waals surface area contributed by atoms with Crippen molar-refractivity contribution in [3.8, 4) is 5.75 Å². The minimum absolute atomic E-state index is 0.0148. The second-order valence-corrected chi connectivity index (χ2v) is 4.32. The highest BCUT2D eigenvalue weighted by Gasteiger charge is 2.07. The zero-order chi connectivity index (χ0) is 12.1. The Bertz CT molecular complexity index is 500. The Morgan fingerprint density at radius 3 is 2.59 bits per heavy atom. The van der Waals surface area contributed by atoms with Gasteiger partial charge in [0.15, 0.2) is 6.61 Å². The molecule has 0 aliphatic rings. The van der Waals surface area contributed by atoms with E-state index in [4.69, 9.17) is 4.74 Å². The van der Waals surface area contributed by atoms with E-state index in [1.54, 1.807) is 30.3 Å². The third kappa shape index (κ3) is 3.01. The van der Waals surface area contributed by atoms with Gasteiger partial charge in [0.2, 0.25) is 5.78 Å². The summed E-state index contributed by atoms with van der Waals surface area (Å²) in [6.45, 7) is 0.0148. The van der Waals surface area contributed by atoms with Gasteiger partial charge in [0, 0.05) is 5.56 Å². The van der Waals surface area contributed by atoms with Crippen LogP contribution in [-0.2, 0) is 0 Å².